The first-order valence-electron chi connectivity index (χ1n) is 2.78. The maximum atomic E-state index is 9.00. The standard InChI is InChI=1S/3C2H4O2.H3N.H2O/c3*1-2(3)4;;/h3*1H3,(H,3,4);1H3;1H2. The van der Waals surface area contributed by atoms with E-state index in [9.17, 15) is 0 Å². The van der Waals surface area contributed by atoms with Crippen molar-refractivity contribution < 1.29 is 35.2 Å². The van der Waals surface area contributed by atoms with Crippen LogP contribution in [0.25, 0.3) is 0 Å². The molecule has 0 spiro atoms. The van der Waals surface area contributed by atoms with Gasteiger partial charge in [-0.1, -0.05) is 0 Å². The Bertz CT molecular complexity index is 116. The minimum Gasteiger partial charge on any atom is -0.481 e. The number of rotatable bonds is 0. The smallest absolute Gasteiger partial charge is 0.300 e. The summed E-state index contributed by atoms with van der Waals surface area (Å²) in [6.07, 6.45) is 0. The van der Waals surface area contributed by atoms with Crippen LogP contribution in [0.2, 0.25) is 0 Å². The minimum atomic E-state index is -0.833. The number of carbonyl (C=O) groups is 3. The van der Waals surface area contributed by atoms with Crippen molar-refractivity contribution in [1.29, 1.82) is 0 Å². The molecule has 8 heteroatoms. The van der Waals surface area contributed by atoms with Gasteiger partial charge in [0.15, 0.2) is 0 Å². The van der Waals surface area contributed by atoms with Gasteiger partial charge in [-0.3, -0.25) is 14.4 Å². The van der Waals surface area contributed by atoms with E-state index in [4.69, 9.17) is 29.7 Å². The molecule has 88 valence electrons. The van der Waals surface area contributed by atoms with Crippen molar-refractivity contribution in [2.45, 2.75) is 20.8 Å². The molecule has 0 radical (unpaired) electrons. The highest BCUT2D eigenvalue weighted by atomic mass is 16.4. The molecule has 0 rings (SSSR count). The molecule has 0 aliphatic carbocycles. The zero-order valence-electron chi connectivity index (χ0n) is 8.27. The monoisotopic (exact) mass is 215 g/mol. The van der Waals surface area contributed by atoms with Crippen LogP contribution in [-0.4, -0.2) is 38.7 Å². The summed E-state index contributed by atoms with van der Waals surface area (Å²) in [4.78, 5) is 27.0. The van der Waals surface area contributed by atoms with Crippen LogP contribution in [0.4, 0.5) is 0 Å². The van der Waals surface area contributed by atoms with Crippen LogP contribution >= 0.6 is 0 Å². The van der Waals surface area contributed by atoms with Gasteiger partial charge in [0, 0.05) is 20.8 Å². The van der Waals surface area contributed by atoms with Gasteiger partial charge in [-0.2, -0.15) is 0 Å². The van der Waals surface area contributed by atoms with Crippen molar-refractivity contribution in [1.82, 2.24) is 6.15 Å². The fourth-order valence-corrected chi connectivity index (χ4v) is 0. The highest BCUT2D eigenvalue weighted by molar-refractivity contribution is 5.63. The average molecular weight is 215 g/mol. The quantitative estimate of drug-likeness (QED) is 0.424. The van der Waals surface area contributed by atoms with Crippen LogP contribution in [0.15, 0.2) is 0 Å². The second-order valence-corrected chi connectivity index (χ2v) is 1.56. The lowest BCUT2D eigenvalue weighted by Crippen LogP contribution is -1.78. The van der Waals surface area contributed by atoms with Gasteiger partial charge in [0.05, 0.1) is 0 Å². The highest BCUT2D eigenvalue weighted by Crippen LogP contribution is 1.42. The molecular weight excluding hydrogens is 198 g/mol. The lowest BCUT2D eigenvalue weighted by atomic mass is 10.9. The Morgan fingerprint density at radius 3 is 0.714 bits per heavy atom. The van der Waals surface area contributed by atoms with Crippen LogP contribution in [0.3, 0.4) is 0 Å². The molecule has 0 saturated heterocycles. The number of carboxylic acid groups (broad SMARTS) is 3. The van der Waals surface area contributed by atoms with E-state index in [2.05, 4.69) is 0 Å². The molecule has 0 heterocycles. The lowest BCUT2D eigenvalue weighted by molar-refractivity contribution is -0.135. The molecule has 0 atom stereocenters. The van der Waals surface area contributed by atoms with E-state index in [-0.39, 0.29) is 11.6 Å². The Kier molecular flexibility index (Phi) is 47.3. The summed E-state index contributed by atoms with van der Waals surface area (Å²) in [7, 11) is 0. The van der Waals surface area contributed by atoms with Gasteiger partial charge in [-0.25, -0.2) is 0 Å². The molecule has 0 aliphatic heterocycles. The molecule has 0 bridgehead atoms. The Morgan fingerprint density at radius 1 is 0.714 bits per heavy atom. The van der Waals surface area contributed by atoms with Gasteiger partial charge in [0.1, 0.15) is 0 Å². The molecule has 0 fully saturated rings. The molecule has 0 aromatic heterocycles. The van der Waals surface area contributed by atoms with E-state index in [0.29, 0.717) is 0 Å². The first-order chi connectivity index (χ1) is 5.20. The van der Waals surface area contributed by atoms with Crippen LogP contribution in [0.1, 0.15) is 20.8 Å². The van der Waals surface area contributed by atoms with Crippen LogP contribution in [0.5, 0.6) is 0 Å². The van der Waals surface area contributed by atoms with Crippen molar-refractivity contribution in [2.75, 3.05) is 0 Å². The highest BCUT2D eigenvalue weighted by Gasteiger charge is 1.66. The summed E-state index contributed by atoms with van der Waals surface area (Å²) in [5.41, 5.74) is 0. The molecule has 0 saturated carbocycles. The summed E-state index contributed by atoms with van der Waals surface area (Å²) in [6.45, 7) is 3.25. The maximum absolute atomic E-state index is 9.00. The fraction of sp³-hybridized carbons (Fsp3) is 0.500. The zero-order chi connectivity index (χ0) is 10.7. The van der Waals surface area contributed by atoms with Gasteiger partial charge in [0.2, 0.25) is 0 Å². The Balaban J connectivity index is -0.0000000270. The summed E-state index contributed by atoms with van der Waals surface area (Å²) >= 11 is 0. The minimum absolute atomic E-state index is 0. The molecule has 0 aromatic carbocycles. The largest absolute Gasteiger partial charge is 0.481 e. The Labute approximate surface area is 81.1 Å². The van der Waals surface area contributed by atoms with Crippen LogP contribution in [0, 0.1) is 0 Å². The summed E-state index contributed by atoms with van der Waals surface area (Å²) < 4.78 is 0. The summed E-state index contributed by atoms with van der Waals surface area (Å²) in [5.74, 6) is -2.50. The normalized spacial score (nSPS) is 5.36. The first kappa shape index (κ1) is 29.5. The molecule has 0 aromatic rings. The van der Waals surface area contributed by atoms with E-state index < -0.39 is 17.9 Å². The lowest BCUT2D eigenvalue weighted by Gasteiger charge is -1.59. The third kappa shape index (κ3) is 322. The van der Waals surface area contributed by atoms with Crippen LogP contribution < -0.4 is 6.15 Å². The van der Waals surface area contributed by atoms with E-state index in [0.717, 1.165) is 20.8 Å². The van der Waals surface area contributed by atoms with Crippen molar-refractivity contribution in [3.8, 4) is 0 Å². The second kappa shape index (κ2) is 22.5. The predicted octanol–water partition coefficient (Wildman–Crippen LogP) is -0.390. The third-order valence-corrected chi connectivity index (χ3v) is 0. The van der Waals surface area contributed by atoms with E-state index in [1.807, 2.05) is 0 Å². The molecule has 0 aliphatic rings. The molecular formula is C6H17NO7. The predicted molar refractivity (Wildman–Crippen MR) is 48.6 cm³/mol. The summed E-state index contributed by atoms with van der Waals surface area (Å²) in [6, 6.07) is 0. The number of carboxylic acids is 3. The van der Waals surface area contributed by atoms with E-state index in [1.165, 1.54) is 0 Å². The van der Waals surface area contributed by atoms with E-state index in [1.54, 1.807) is 0 Å². The molecule has 8 N–H and O–H groups in total. The van der Waals surface area contributed by atoms with Crippen LogP contribution in [-0.2, 0) is 14.4 Å². The van der Waals surface area contributed by atoms with Gasteiger partial charge < -0.3 is 26.9 Å². The van der Waals surface area contributed by atoms with Crippen molar-refractivity contribution in [3.05, 3.63) is 0 Å². The van der Waals surface area contributed by atoms with Gasteiger partial charge in [-0.15, -0.1) is 0 Å². The molecule has 8 nitrogen and oxygen atoms in total. The van der Waals surface area contributed by atoms with Gasteiger partial charge in [-0.05, 0) is 0 Å². The molecule has 14 heavy (non-hydrogen) atoms. The second-order valence-electron chi connectivity index (χ2n) is 1.56. The zero-order valence-corrected chi connectivity index (χ0v) is 8.27. The maximum Gasteiger partial charge on any atom is 0.300 e. The summed E-state index contributed by atoms with van der Waals surface area (Å²) in [5, 5.41) is 22.2. The van der Waals surface area contributed by atoms with Crippen molar-refractivity contribution in [2.24, 2.45) is 0 Å². The SMILES string of the molecule is CC(=O)O.CC(=O)O.CC(=O)O.N.O. The number of hydrogen-bond acceptors (Lipinski definition) is 4. The fourth-order valence-electron chi connectivity index (χ4n) is 0. The van der Waals surface area contributed by atoms with E-state index >= 15 is 0 Å². The number of hydrogen-bond donors (Lipinski definition) is 4. The van der Waals surface area contributed by atoms with Crippen molar-refractivity contribution in [3.63, 3.8) is 0 Å². The van der Waals surface area contributed by atoms with Gasteiger partial charge >= 0.3 is 0 Å². The van der Waals surface area contributed by atoms with Crippen molar-refractivity contribution >= 4 is 17.9 Å². The molecule has 0 unspecified atom stereocenters. The number of aliphatic carboxylic acids is 3. The molecule has 0 amide bonds. The third-order valence-electron chi connectivity index (χ3n) is 0. The van der Waals surface area contributed by atoms with Gasteiger partial charge in [0.25, 0.3) is 17.9 Å². The average Bonchev–Trinajstić information content (AvgIpc) is 1.54. The Hall–Kier alpha value is -1.67. The topological polar surface area (TPSA) is 178 Å². The Morgan fingerprint density at radius 2 is 0.714 bits per heavy atom. The first-order valence-corrected chi connectivity index (χ1v) is 2.78.